The monoisotopic (exact) mass is 818 g/mol. The molecule has 0 N–H and O–H groups in total. The van der Waals surface area contributed by atoms with Crippen LogP contribution in [0.5, 0.6) is 0 Å². The van der Waals surface area contributed by atoms with Gasteiger partial charge in [-0.05, 0) is 132 Å². The van der Waals surface area contributed by atoms with E-state index < -0.39 is 0 Å². The van der Waals surface area contributed by atoms with E-state index in [-0.39, 0.29) is 0 Å². The van der Waals surface area contributed by atoms with Gasteiger partial charge in [-0.3, -0.25) is 0 Å². The molecule has 0 atom stereocenters. The predicted octanol–water partition coefficient (Wildman–Crippen LogP) is 16.5. The van der Waals surface area contributed by atoms with Gasteiger partial charge in [0.15, 0.2) is 0 Å². The molecule has 0 saturated carbocycles. The Balaban J connectivity index is 0.936. The molecule has 2 heterocycles. The zero-order chi connectivity index (χ0) is 42.4. The zero-order valence-corrected chi connectivity index (χ0v) is 35.0. The number of hydrogen-bond acceptors (Lipinski definition) is 2. The van der Waals surface area contributed by atoms with Gasteiger partial charge in [-0.1, -0.05) is 133 Å². The highest BCUT2D eigenvalue weighted by Crippen LogP contribution is 2.43. The van der Waals surface area contributed by atoms with E-state index in [1.165, 1.54) is 43.6 Å². The minimum Gasteiger partial charge on any atom is -0.310 e. The van der Waals surface area contributed by atoms with Crippen LogP contribution >= 0.6 is 0 Å². The van der Waals surface area contributed by atoms with E-state index in [4.69, 9.17) is 0 Å². The number of benzene rings is 10. The Morgan fingerprint density at radius 2 is 0.578 bits per heavy atom. The summed E-state index contributed by atoms with van der Waals surface area (Å²) in [5, 5.41) is 4.90. The van der Waals surface area contributed by atoms with Crippen molar-refractivity contribution >= 4 is 77.7 Å². The number of nitrogens with zero attached hydrogens (tertiary/aromatic N) is 4. The molecule has 12 aromatic rings. The lowest BCUT2D eigenvalue weighted by Gasteiger charge is -2.27. The summed E-state index contributed by atoms with van der Waals surface area (Å²) in [5.74, 6) is 0. The van der Waals surface area contributed by atoms with Gasteiger partial charge in [-0.25, -0.2) is 0 Å². The van der Waals surface area contributed by atoms with Crippen molar-refractivity contribution in [3.8, 4) is 22.5 Å². The zero-order valence-electron chi connectivity index (χ0n) is 35.0. The lowest BCUT2D eigenvalue weighted by molar-refractivity contribution is 1.18. The topological polar surface area (TPSA) is 16.3 Å². The summed E-state index contributed by atoms with van der Waals surface area (Å²) in [6, 6.07) is 91.7. The molecule has 64 heavy (non-hydrogen) atoms. The summed E-state index contributed by atoms with van der Waals surface area (Å²) >= 11 is 0. The van der Waals surface area contributed by atoms with Crippen LogP contribution in [-0.4, -0.2) is 9.13 Å². The summed E-state index contributed by atoms with van der Waals surface area (Å²) in [6.07, 6.45) is 0. The Morgan fingerprint density at radius 1 is 0.219 bits per heavy atom. The third kappa shape index (κ3) is 6.40. The minimum atomic E-state index is 1.09. The van der Waals surface area contributed by atoms with Gasteiger partial charge in [-0.15, -0.1) is 0 Å². The van der Waals surface area contributed by atoms with Crippen molar-refractivity contribution in [1.29, 1.82) is 0 Å². The molecular formula is C60H42N4. The van der Waals surface area contributed by atoms with Gasteiger partial charge < -0.3 is 18.9 Å². The van der Waals surface area contributed by atoms with Crippen LogP contribution in [0, 0.1) is 0 Å². The number of hydrogen-bond donors (Lipinski definition) is 0. The highest BCUT2D eigenvalue weighted by molar-refractivity contribution is 6.12. The Morgan fingerprint density at radius 3 is 1.08 bits per heavy atom. The van der Waals surface area contributed by atoms with E-state index in [0.717, 1.165) is 56.6 Å². The maximum atomic E-state index is 2.37. The molecule has 0 aliphatic rings. The predicted molar refractivity (Wildman–Crippen MR) is 270 cm³/mol. The first-order valence-corrected chi connectivity index (χ1v) is 21.8. The summed E-state index contributed by atoms with van der Waals surface area (Å²) in [5.41, 5.74) is 15.9. The fourth-order valence-electron chi connectivity index (χ4n) is 9.59. The Kier molecular flexibility index (Phi) is 9.12. The van der Waals surface area contributed by atoms with Gasteiger partial charge in [0.05, 0.1) is 22.1 Å². The molecule has 0 bridgehead atoms. The standard InChI is InChI=1S/C60H42N4/c1-5-19-45(20-6-1)61(51-36-38-59-55(41-51)53-28-13-15-30-57(53)63(59)47-23-9-3-10-24-47)49-34-32-43(33-35-49)44-18-17-27-50(40-44)62(46-21-7-2-8-22-46)52-37-39-60-56(42-52)54-29-14-16-31-58(54)64(60)48-25-11-4-12-26-48/h1-42H. The van der Waals surface area contributed by atoms with Crippen molar-refractivity contribution in [2.24, 2.45) is 0 Å². The van der Waals surface area contributed by atoms with Crippen molar-refractivity contribution in [3.63, 3.8) is 0 Å². The number of aromatic nitrogens is 2. The third-order valence-electron chi connectivity index (χ3n) is 12.4. The smallest absolute Gasteiger partial charge is 0.0542 e. The number of fused-ring (bicyclic) bond motifs is 6. The molecule has 0 amide bonds. The quantitative estimate of drug-likeness (QED) is 0.144. The van der Waals surface area contributed by atoms with Crippen molar-refractivity contribution in [2.45, 2.75) is 0 Å². The van der Waals surface area contributed by atoms with Crippen LogP contribution < -0.4 is 9.80 Å². The van der Waals surface area contributed by atoms with Gasteiger partial charge in [0.25, 0.3) is 0 Å². The van der Waals surface area contributed by atoms with Gasteiger partial charge in [0, 0.05) is 67.0 Å². The second-order valence-corrected chi connectivity index (χ2v) is 16.2. The van der Waals surface area contributed by atoms with Gasteiger partial charge in [0.1, 0.15) is 0 Å². The van der Waals surface area contributed by atoms with E-state index in [2.05, 4.69) is 274 Å². The second kappa shape index (κ2) is 15.7. The Labute approximate surface area is 372 Å². The first kappa shape index (κ1) is 37.2. The van der Waals surface area contributed by atoms with E-state index >= 15 is 0 Å². The summed E-state index contributed by atoms with van der Waals surface area (Å²) in [6.45, 7) is 0. The lowest BCUT2D eigenvalue weighted by Crippen LogP contribution is -2.10. The van der Waals surface area contributed by atoms with Crippen LogP contribution in [0.2, 0.25) is 0 Å². The van der Waals surface area contributed by atoms with Crippen molar-refractivity contribution in [1.82, 2.24) is 9.13 Å². The minimum absolute atomic E-state index is 1.09. The van der Waals surface area contributed by atoms with Crippen LogP contribution in [-0.2, 0) is 0 Å². The van der Waals surface area contributed by atoms with Crippen LogP contribution in [0.4, 0.5) is 34.1 Å². The average Bonchev–Trinajstić information content (AvgIpc) is 3.88. The molecule has 0 spiro atoms. The molecule has 0 saturated heterocycles. The largest absolute Gasteiger partial charge is 0.310 e. The van der Waals surface area contributed by atoms with Crippen LogP contribution in [0.1, 0.15) is 0 Å². The van der Waals surface area contributed by atoms with E-state index in [1.54, 1.807) is 0 Å². The molecule has 12 rings (SSSR count). The Bertz CT molecular complexity index is 3590. The van der Waals surface area contributed by atoms with E-state index in [1.807, 2.05) is 0 Å². The molecule has 0 aliphatic heterocycles. The van der Waals surface area contributed by atoms with Crippen LogP contribution in [0.15, 0.2) is 255 Å². The fraction of sp³-hybridized carbons (Fsp3) is 0. The van der Waals surface area contributed by atoms with Gasteiger partial charge in [-0.2, -0.15) is 0 Å². The highest BCUT2D eigenvalue weighted by atomic mass is 15.1. The van der Waals surface area contributed by atoms with Gasteiger partial charge >= 0.3 is 0 Å². The van der Waals surface area contributed by atoms with E-state index in [0.29, 0.717) is 0 Å². The molecule has 0 aliphatic carbocycles. The number of anilines is 6. The first-order chi connectivity index (χ1) is 31.8. The molecule has 4 nitrogen and oxygen atoms in total. The molecule has 10 aromatic carbocycles. The van der Waals surface area contributed by atoms with Crippen molar-refractivity contribution in [3.05, 3.63) is 255 Å². The SMILES string of the molecule is c1ccc(N(c2ccc(-c3cccc(N(c4ccccc4)c4ccc5c(c4)c4ccccc4n5-c4ccccc4)c3)cc2)c2ccc3c(c2)c2ccccc2n3-c2ccccc2)cc1. The van der Waals surface area contributed by atoms with Crippen LogP contribution in [0.25, 0.3) is 66.1 Å². The van der Waals surface area contributed by atoms with Crippen molar-refractivity contribution in [2.75, 3.05) is 9.80 Å². The molecule has 4 heteroatoms. The summed E-state index contributed by atoms with van der Waals surface area (Å²) < 4.78 is 4.74. The number of para-hydroxylation sites is 6. The Hall–Kier alpha value is -8.60. The highest BCUT2D eigenvalue weighted by Gasteiger charge is 2.20. The molecular weight excluding hydrogens is 777 g/mol. The molecule has 2 aromatic heterocycles. The average molecular weight is 819 g/mol. The molecule has 302 valence electrons. The lowest BCUT2D eigenvalue weighted by atomic mass is 10.0. The van der Waals surface area contributed by atoms with Gasteiger partial charge in [0.2, 0.25) is 0 Å². The maximum Gasteiger partial charge on any atom is 0.0542 e. The number of rotatable bonds is 9. The van der Waals surface area contributed by atoms with Crippen molar-refractivity contribution < 1.29 is 0 Å². The normalized spacial score (nSPS) is 11.4. The molecule has 0 unspecified atom stereocenters. The third-order valence-corrected chi connectivity index (χ3v) is 12.4. The second-order valence-electron chi connectivity index (χ2n) is 16.2. The molecule has 0 fully saturated rings. The maximum absolute atomic E-state index is 2.37. The van der Waals surface area contributed by atoms with E-state index in [9.17, 15) is 0 Å². The first-order valence-electron chi connectivity index (χ1n) is 21.8. The summed E-state index contributed by atoms with van der Waals surface area (Å²) in [4.78, 5) is 4.73. The molecule has 0 radical (unpaired) electrons. The van der Waals surface area contributed by atoms with Crippen LogP contribution in [0.3, 0.4) is 0 Å². The fourth-order valence-corrected chi connectivity index (χ4v) is 9.59. The summed E-state index contributed by atoms with van der Waals surface area (Å²) in [7, 11) is 0.